The number of ether oxygens (including phenoxy) is 1. The fourth-order valence-corrected chi connectivity index (χ4v) is 2.68. The Hall–Kier alpha value is -2.06. The fourth-order valence-electron chi connectivity index (χ4n) is 1.95. The first-order valence-corrected chi connectivity index (χ1v) is 7.53. The number of carbonyl (C=O) groups excluding carboxylic acids is 1. The third-order valence-electron chi connectivity index (χ3n) is 3.10. The van der Waals surface area contributed by atoms with Gasteiger partial charge in [-0.05, 0) is 36.1 Å². The highest BCUT2D eigenvalue weighted by Crippen LogP contribution is 2.27. The molecule has 0 spiro atoms. The summed E-state index contributed by atoms with van der Waals surface area (Å²) < 4.78 is 41.7. The molecule has 0 aliphatic carbocycles. The van der Waals surface area contributed by atoms with Gasteiger partial charge in [0.2, 0.25) is 0 Å². The van der Waals surface area contributed by atoms with Crippen molar-refractivity contribution in [1.82, 2.24) is 5.32 Å². The standard InChI is InChI=1S/C15H14F3NO3S/c1-8(12(20)9-2-4-10(16)5-3-9)19-14(21)13-11(6-7-23-13)22-15(17)18/h2-8,12,15,20H,1H3,(H,19,21). The maximum absolute atomic E-state index is 12.9. The van der Waals surface area contributed by atoms with E-state index in [4.69, 9.17) is 0 Å². The molecule has 2 unspecified atom stereocenters. The Bertz CT molecular complexity index is 660. The van der Waals surface area contributed by atoms with E-state index in [0.717, 1.165) is 11.3 Å². The van der Waals surface area contributed by atoms with Crippen molar-refractivity contribution in [2.45, 2.75) is 25.7 Å². The predicted octanol–water partition coefficient (Wildman–Crippen LogP) is 3.34. The minimum absolute atomic E-state index is 0.0107. The van der Waals surface area contributed by atoms with E-state index in [1.165, 1.54) is 35.7 Å². The molecule has 2 N–H and O–H groups in total. The Morgan fingerprint density at radius 3 is 2.52 bits per heavy atom. The Labute approximate surface area is 134 Å². The molecule has 0 saturated carbocycles. The van der Waals surface area contributed by atoms with Crippen LogP contribution in [0.25, 0.3) is 0 Å². The van der Waals surface area contributed by atoms with Crippen LogP contribution in [0.2, 0.25) is 0 Å². The van der Waals surface area contributed by atoms with Gasteiger partial charge in [0.05, 0.1) is 12.1 Å². The van der Waals surface area contributed by atoms with Crippen molar-refractivity contribution in [3.8, 4) is 5.75 Å². The Morgan fingerprint density at radius 2 is 1.91 bits per heavy atom. The van der Waals surface area contributed by atoms with E-state index in [-0.39, 0.29) is 10.6 Å². The number of carbonyl (C=O) groups is 1. The summed E-state index contributed by atoms with van der Waals surface area (Å²) in [4.78, 5) is 12.1. The third kappa shape index (κ3) is 4.46. The SMILES string of the molecule is CC(NC(=O)c1sccc1OC(F)F)C(O)c1ccc(F)cc1. The molecular formula is C15H14F3NO3S. The van der Waals surface area contributed by atoms with Gasteiger partial charge in [0, 0.05) is 0 Å². The monoisotopic (exact) mass is 345 g/mol. The highest BCUT2D eigenvalue weighted by Gasteiger charge is 2.23. The number of aliphatic hydroxyl groups excluding tert-OH is 1. The lowest BCUT2D eigenvalue weighted by Gasteiger charge is -2.20. The first-order valence-electron chi connectivity index (χ1n) is 6.65. The summed E-state index contributed by atoms with van der Waals surface area (Å²) in [6.45, 7) is -1.48. The number of aliphatic hydroxyl groups is 1. The summed E-state index contributed by atoms with van der Waals surface area (Å²) in [5.41, 5.74) is 0.425. The number of alkyl halides is 2. The Balaban J connectivity index is 2.04. The van der Waals surface area contributed by atoms with Crippen LogP contribution in [0.3, 0.4) is 0 Å². The number of hydrogen-bond donors (Lipinski definition) is 2. The van der Waals surface area contributed by atoms with Crippen LogP contribution >= 0.6 is 11.3 Å². The molecule has 0 aliphatic heterocycles. The maximum Gasteiger partial charge on any atom is 0.387 e. The number of thiophene rings is 1. The van der Waals surface area contributed by atoms with Crippen molar-refractivity contribution in [3.63, 3.8) is 0 Å². The zero-order valence-corrected chi connectivity index (χ0v) is 12.8. The first kappa shape index (κ1) is 17.3. The lowest BCUT2D eigenvalue weighted by Crippen LogP contribution is -2.36. The molecule has 1 amide bonds. The lowest BCUT2D eigenvalue weighted by atomic mass is 10.0. The quantitative estimate of drug-likeness (QED) is 0.844. The molecule has 8 heteroatoms. The molecule has 0 fully saturated rings. The van der Waals surface area contributed by atoms with Gasteiger partial charge in [-0.2, -0.15) is 8.78 Å². The molecule has 2 aromatic rings. The normalized spacial score (nSPS) is 13.7. The molecule has 124 valence electrons. The van der Waals surface area contributed by atoms with E-state index in [0.29, 0.717) is 5.56 Å². The summed E-state index contributed by atoms with van der Waals surface area (Å²) in [5.74, 6) is -1.29. The van der Waals surface area contributed by atoms with Crippen LogP contribution in [-0.2, 0) is 0 Å². The third-order valence-corrected chi connectivity index (χ3v) is 3.99. The van der Waals surface area contributed by atoms with Crippen LogP contribution in [0.15, 0.2) is 35.7 Å². The van der Waals surface area contributed by atoms with Crippen molar-refractivity contribution < 1.29 is 27.8 Å². The average molecular weight is 345 g/mol. The number of amides is 1. The van der Waals surface area contributed by atoms with E-state index in [2.05, 4.69) is 10.1 Å². The number of rotatable bonds is 6. The number of benzene rings is 1. The molecule has 0 saturated heterocycles. The van der Waals surface area contributed by atoms with Gasteiger partial charge in [-0.25, -0.2) is 4.39 Å². The second-order valence-corrected chi connectivity index (χ2v) is 5.67. The Kier molecular flexibility index (Phi) is 5.62. The van der Waals surface area contributed by atoms with E-state index in [1.807, 2.05) is 0 Å². The van der Waals surface area contributed by atoms with Crippen LogP contribution in [0.1, 0.15) is 28.3 Å². The minimum Gasteiger partial charge on any atom is -0.433 e. The van der Waals surface area contributed by atoms with Gasteiger partial charge in [-0.3, -0.25) is 4.79 Å². The van der Waals surface area contributed by atoms with Gasteiger partial charge in [-0.15, -0.1) is 11.3 Å². The van der Waals surface area contributed by atoms with Gasteiger partial charge in [0.1, 0.15) is 16.4 Å². The highest BCUT2D eigenvalue weighted by atomic mass is 32.1. The molecule has 1 aromatic heterocycles. The summed E-state index contributed by atoms with van der Waals surface area (Å²) >= 11 is 0.950. The van der Waals surface area contributed by atoms with Crippen LogP contribution < -0.4 is 10.1 Å². The van der Waals surface area contributed by atoms with Crippen molar-refractivity contribution in [2.24, 2.45) is 0 Å². The zero-order chi connectivity index (χ0) is 17.0. The van der Waals surface area contributed by atoms with Crippen molar-refractivity contribution in [1.29, 1.82) is 0 Å². The number of nitrogens with one attached hydrogen (secondary N) is 1. The Morgan fingerprint density at radius 1 is 1.26 bits per heavy atom. The number of hydrogen-bond acceptors (Lipinski definition) is 4. The predicted molar refractivity (Wildman–Crippen MR) is 79.2 cm³/mol. The highest BCUT2D eigenvalue weighted by molar-refractivity contribution is 7.12. The molecule has 0 aliphatic rings. The summed E-state index contributed by atoms with van der Waals surface area (Å²) in [7, 11) is 0. The second-order valence-electron chi connectivity index (χ2n) is 4.75. The smallest absolute Gasteiger partial charge is 0.387 e. The molecule has 2 rings (SSSR count). The largest absolute Gasteiger partial charge is 0.433 e. The van der Waals surface area contributed by atoms with E-state index in [1.54, 1.807) is 6.92 Å². The van der Waals surface area contributed by atoms with Gasteiger partial charge >= 0.3 is 6.61 Å². The van der Waals surface area contributed by atoms with Gasteiger partial charge in [-0.1, -0.05) is 12.1 Å². The van der Waals surface area contributed by atoms with E-state index in [9.17, 15) is 23.1 Å². The second kappa shape index (κ2) is 7.47. The van der Waals surface area contributed by atoms with Gasteiger partial charge < -0.3 is 15.2 Å². The molecule has 0 radical (unpaired) electrons. The first-order chi connectivity index (χ1) is 10.9. The van der Waals surface area contributed by atoms with Crippen LogP contribution in [0, 0.1) is 5.82 Å². The van der Waals surface area contributed by atoms with Crippen LogP contribution in [-0.4, -0.2) is 23.7 Å². The molecular weight excluding hydrogens is 331 g/mol. The molecule has 4 nitrogen and oxygen atoms in total. The van der Waals surface area contributed by atoms with E-state index >= 15 is 0 Å². The fraction of sp³-hybridized carbons (Fsp3) is 0.267. The maximum atomic E-state index is 12.9. The molecule has 23 heavy (non-hydrogen) atoms. The van der Waals surface area contributed by atoms with Crippen LogP contribution in [0.4, 0.5) is 13.2 Å². The zero-order valence-electron chi connectivity index (χ0n) is 12.0. The number of halogens is 3. The summed E-state index contributed by atoms with van der Waals surface area (Å²) in [6, 6.07) is 5.75. The minimum atomic E-state index is -3.03. The average Bonchev–Trinajstić information content (AvgIpc) is 2.94. The molecule has 1 heterocycles. The topological polar surface area (TPSA) is 58.6 Å². The molecule has 2 atom stereocenters. The summed E-state index contributed by atoms with van der Waals surface area (Å²) in [5, 5.41) is 14.1. The van der Waals surface area contributed by atoms with E-state index < -0.39 is 30.5 Å². The van der Waals surface area contributed by atoms with Crippen molar-refractivity contribution in [3.05, 3.63) is 52.0 Å². The molecule has 1 aromatic carbocycles. The molecule has 0 bridgehead atoms. The van der Waals surface area contributed by atoms with Crippen LogP contribution in [0.5, 0.6) is 5.75 Å². The lowest BCUT2D eigenvalue weighted by molar-refractivity contribution is -0.0498. The van der Waals surface area contributed by atoms with Gasteiger partial charge in [0.25, 0.3) is 5.91 Å². The summed E-state index contributed by atoms with van der Waals surface area (Å²) in [6.07, 6.45) is -1.07. The van der Waals surface area contributed by atoms with Gasteiger partial charge in [0.15, 0.2) is 0 Å². The van der Waals surface area contributed by atoms with Crippen molar-refractivity contribution >= 4 is 17.2 Å². The van der Waals surface area contributed by atoms with Crippen molar-refractivity contribution in [2.75, 3.05) is 0 Å².